The van der Waals surface area contributed by atoms with Gasteiger partial charge in [0.15, 0.2) is 0 Å². The topological polar surface area (TPSA) is 69.6 Å². The van der Waals surface area contributed by atoms with Crippen LogP contribution in [-0.2, 0) is 4.79 Å². The summed E-state index contributed by atoms with van der Waals surface area (Å²) in [6.07, 6.45) is -4.52. The van der Waals surface area contributed by atoms with E-state index in [0.717, 1.165) is 7.05 Å². The molecular formula is C10H17F3N2O3. The van der Waals surface area contributed by atoms with Crippen LogP contribution in [0.1, 0.15) is 20.8 Å². The number of carboxylic acids is 1. The fourth-order valence-electron chi connectivity index (χ4n) is 1.22. The molecule has 0 saturated carbocycles. The number of hydrogen-bond acceptors (Lipinski definition) is 2. The van der Waals surface area contributed by atoms with E-state index in [0.29, 0.717) is 4.90 Å². The molecule has 8 heteroatoms. The SMILES string of the molecule is CN(CC(F)(F)F)C(=O)NC(C(=O)O)C(C)(C)C. The van der Waals surface area contributed by atoms with Crippen LogP contribution in [0.4, 0.5) is 18.0 Å². The number of amides is 2. The van der Waals surface area contributed by atoms with Crippen molar-refractivity contribution in [1.29, 1.82) is 0 Å². The van der Waals surface area contributed by atoms with E-state index in [-0.39, 0.29) is 0 Å². The highest BCUT2D eigenvalue weighted by molar-refractivity contribution is 5.83. The van der Waals surface area contributed by atoms with Gasteiger partial charge in [0.25, 0.3) is 0 Å². The summed E-state index contributed by atoms with van der Waals surface area (Å²) in [6.45, 7) is 3.26. The Morgan fingerprint density at radius 3 is 2.00 bits per heavy atom. The lowest BCUT2D eigenvalue weighted by atomic mass is 9.87. The lowest BCUT2D eigenvalue weighted by Crippen LogP contribution is -2.53. The van der Waals surface area contributed by atoms with Gasteiger partial charge in [0, 0.05) is 7.05 Å². The highest BCUT2D eigenvalue weighted by Crippen LogP contribution is 2.20. The second-order valence-electron chi connectivity index (χ2n) is 5.06. The molecule has 0 radical (unpaired) electrons. The van der Waals surface area contributed by atoms with Crippen molar-refractivity contribution in [3.05, 3.63) is 0 Å². The Morgan fingerprint density at radius 2 is 1.72 bits per heavy atom. The summed E-state index contributed by atoms with van der Waals surface area (Å²) in [5, 5.41) is 11.0. The van der Waals surface area contributed by atoms with Gasteiger partial charge in [-0.3, -0.25) is 0 Å². The number of halogens is 3. The van der Waals surface area contributed by atoms with E-state index in [1.807, 2.05) is 0 Å². The van der Waals surface area contributed by atoms with Crippen molar-refractivity contribution in [2.24, 2.45) is 5.41 Å². The molecule has 1 atom stereocenters. The summed E-state index contributed by atoms with van der Waals surface area (Å²) < 4.78 is 36.2. The van der Waals surface area contributed by atoms with Crippen LogP contribution in [0, 0.1) is 5.41 Å². The van der Waals surface area contributed by atoms with Crippen LogP contribution in [-0.4, -0.2) is 47.8 Å². The first-order valence-electron chi connectivity index (χ1n) is 5.16. The minimum atomic E-state index is -4.52. The van der Waals surface area contributed by atoms with Crippen LogP contribution in [0.5, 0.6) is 0 Å². The van der Waals surface area contributed by atoms with Crippen molar-refractivity contribution in [2.75, 3.05) is 13.6 Å². The van der Waals surface area contributed by atoms with E-state index in [1.165, 1.54) is 0 Å². The van der Waals surface area contributed by atoms with Crippen molar-refractivity contribution in [1.82, 2.24) is 10.2 Å². The molecule has 0 aliphatic heterocycles. The number of rotatable bonds is 3. The molecule has 0 saturated heterocycles. The minimum absolute atomic E-state index is 0.391. The molecule has 0 heterocycles. The fourth-order valence-corrected chi connectivity index (χ4v) is 1.22. The lowest BCUT2D eigenvalue weighted by Gasteiger charge is -2.30. The first-order valence-corrected chi connectivity index (χ1v) is 5.16. The number of aliphatic carboxylic acids is 1. The number of nitrogens with one attached hydrogen (secondary N) is 1. The van der Waals surface area contributed by atoms with Gasteiger partial charge in [-0.2, -0.15) is 13.2 Å². The van der Waals surface area contributed by atoms with Gasteiger partial charge in [0.2, 0.25) is 0 Å². The Hall–Kier alpha value is -1.47. The van der Waals surface area contributed by atoms with Crippen LogP contribution in [0.15, 0.2) is 0 Å². The van der Waals surface area contributed by atoms with Crippen molar-refractivity contribution in [3.63, 3.8) is 0 Å². The number of urea groups is 1. The quantitative estimate of drug-likeness (QED) is 0.820. The highest BCUT2D eigenvalue weighted by atomic mass is 19.4. The van der Waals surface area contributed by atoms with E-state index in [9.17, 15) is 22.8 Å². The third kappa shape index (κ3) is 5.74. The van der Waals surface area contributed by atoms with E-state index >= 15 is 0 Å². The molecular weight excluding hydrogens is 253 g/mol. The van der Waals surface area contributed by atoms with Gasteiger partial charge in [0.1, 0.15) is 12.6 Å². The van der Waals surface area contributed by atoms with Gasteiger partial charge in [-0.05, 0) is 5.41 Å². The van der Waals surface area contributed by atoms with Gasteiger partial charge in [-0.25, -0.2) is 9.59 Å². The number of hydrogen-bond donors (Lipinski definition) is 2. The molecule has 0 rings (SSSR count). The molecule has 2 N–H and O–H groups in total. The normalized spacial score (nSPS) is 13.9. The Morgan fingerprint density at radius 1 is 1.28 bits per heavy atom. The molecule has 0 fully saturated rings. The molecule has 0 aliphatic carbocycles. The average molecular weight is 270 g/mol. The zero-order valence-corrected chi connectivity index (χ0v) is 10.6. The summed E-state index contributed by atoms with van der Waals surface area (Å²) >= 11 is 0. The number of carbonyl (C=O) groups is 2. The van der Waals surface area contributed by atoms with Gasteiger partial charge in [-0.1, -0.05) is 20.8 Å². The second-order valence-corrected chi connectivity index (χ2v) is 5.06. The Kier molecular flexibility index (Phi) is 5.00. The molecule has 0 aliphatic rings. The molecule has 0 aromatic rings. The maximum absolute atomic E-state index is 12.1. The predicted molar refractivity (Wildman–Crippen MR) is 58.1 cm³/mol. The Labute approximate surface area is 103 Å². The van der Waals surface area contributed by atoms with Gasteiger partial charge in [0.05, 0.1) is 0 Å². The first kappa shape index (κ1) is 16.5. The van der Waals surface area contributed by atoms with Crippen molar-refractivity contribution < 1.29 is 27.9 Å². The number of carbonyl (C=O) groups excluding carboxylic acids is 1. The monoisotopic (exact) mass is 270 g/mol. The third-order valence-corrected chi connectivity index (χ3v) is 2.14. The van der Waals surface area contributed by atoms with Gasteiger partial charge in [-0.15, -0.1) is 0 Å². The van der Waals surface area contributed by atoms with E-state index < -0.39 is 36.2 Å². The van der Waals surface area contributed by atoms with E-state index in [4.69, 9.17) is 5.11 Å². The molecule has 2 amide bonds. The molecule has 0 bridgehead atoms. The molecule has 18 heavy (non-hydrogen) atoms. The maximum Gasteiger partial charge on any atom is 0.406 e. The van der Waals surface area contributed by atoms with E-state index in [2.05, 4.69) is 5.32 Å². The molecule has 0 spiro atoms. The first-order chi connectivity index (χ1) is 7.84. The summed E-state index contributed by atoms with van der Waals surface area (Å²) in [6, 6.07) is -2.34. The third-order valence-electron chi connectivity index (χ3n) is 2.14. The Balaban J connectivity index is 4.67. The van der Waals surface area contributed by atoms with Crippen molar-refractivity contribution in [2.45, 2.75) is 33.0 Å². The van der Waals surface area contributed by atoms with Crippen molar-refractivity contribution in [3.8, 4) is 0 Å². The number of nitrogens with zero attached hydrogens (tertiary/aromatic N) is 1. The minimum Gasteiger partial charge on any atom is -0.480 e. The van der Waals surface area contributed by atoms with Crippen LogP contribution < -0.4 is 5.32 Å². The zero-order chi connectivity index (χ0) is 14.7. The second kappa shape index (κ2) is 5.45. The van der Waals surface area contributed by atoms with Crippen LogP contribution >= 0.6 is 0 Å². The van der Waals surface area contributed by atoms with Gasteiger partial charge < -0.3 is 15.3 Å². The summed E-state index contributed by atoms with van der Waals surface area (Å²) in [4.78, 5) is 22.8. The highest BCUT2D eigenvalue weighted by Gasteiger charge is 2.36. The summed E-state index contributed by atoms with van der Waals surface area (Å²) in [5.74, 6) is -1.30. The van der Waals surface area contributed by atoms with Crippen LogP contribution in [0.25, 0.3) is 0 Å². The van der Waals surface area contributed by atoms with Crippen LogP contribution in [0.2, 0.25) is 0 Å². The number of carboxylic acid groups (broad SMARTS) is 1. The average Bonchev–Trinajstić information content (AvgIpc) is 2.08. The van der Waals surface area contributed by atoms with E-state index in [1.54, 1.807) is 20.8 Å². The lowest BCUT2D eigenvalue weighted by molar-refractivity contribution is -0.142. The molecule has 0 aromatic heterocycles. The number of alkyl halides is 3. The largest absolute Gasteiger partial charge is 0.480 e. The molecule has 1 unspecified atom stereocenters. The fraction of sp³-hybridized carbons (Fsp3) is 0.800. The smallest absolute Gasteiger partial charge is 0.406 e. The zero-order valence-electron chi connectivity index (χ0n) is 10.6. The molecule has 0 aromatic carbocycles. The summed E-state index contributed by atoms with van der Waals surface area (Å²) in [7, 11) is 0.949. The van der Waals surface area contributed by atoms with Gasteiger partial charge >= 0.3 is 18.2 Å². The molecule has 106 valence electrons. The standard InChI is InChI=1S/C10H17F3N2O3/c1-9(2,3)6(7(16)17)14-8(18)15(4)5-10(11,12)13/h6H,5H2,1-4H3,(H,14,18)(H,16,17). The predicted octanol–water partition coefficient (Wildman–Crippen LogP) is 1.69. The summed E-state index contributed by atoms with van der Waals surface area (Å²) in [5.41, 5.74) is -0.805. The molecule has 5 nitrogen and oxygen atoms in total. The van der Waals surface area contributed by atoms with Crippen molar-refractivity contribution >= 4 is 12.0 Å². The Bertz CT molecular complexity index is 323. The maximum atomic E-state index is 12.1. The van der Waals surface area contributed by atoms with Crippen LogP contribution in [0.3, 0.4) is 0 Å².